The van der Waals surface area contributed by atoms with Gasteiger partial charge in [-0.2, -0.15) is 0 Å². The van der Waals surface area contributed by atoms with Gasteiger partial charge >= 0.3 is 5.69 Å². The van der Waals surface area contributed by atoms with E-state index in [0.29, 0.717) is 21.8 Å². The van der Waals surface area contributed by atoms with E-state index in [4.69, 9.17) is 0 Å². The van der Waals surface area contributed by atoms with Crippen LogP contribution >= 0.6 is 23.1 Å². The van der Waals surface area contributed by atoms with E-state index in [-0.39, 0.29) is 18.1 Å². The summed E-state index contributed by atoms with van der Waals surface area (Å²) in [4.78, 5) is 45.5. The van der Waals surface area contributed by atoms with Gasteiger partial charge in [-0.05, 0) is 43.2 Å². The van der Waals surface area contributed by atoms with Crippen molar-refractivity contribution in [3.63, 3.8) is 0 Å². The summed E-state index contributed by atoms with van der Waals surface area (Å²) in [5.41, 5.74) is 3.06. The number of para-hydroxylation sites is 1. The lowest BCUT2D eigenvalue weighted by Crippen LogP contribution is -2.23. The second kappa shape index (κ2) is 9.91. The second-order valence-electron chi connectivity index (χ2n) is 8.14. The van der Waals surface area contributed by atoms with Gasteiger partial charge in [0.1, 0.15) is 5.82 Å². The zero-order chi connectivity index (χ0) is 25.2. The van der Waals surface area contributed by atoms with E-state index in [2.05, 4.69) is 30.5 Å². The first-order chi connectivity index (χ1) is 17.4. The number of carbonyl (C=O) groups is 1. The molecule has 10 nitrogen and oxygen atoms in total. The van der Waals surface area contributed by atoms with Crippen LogP contribution in [0.5, 0.6) is 0 Å². The van der Waals surface area contributed by atoms with Crippen LogP contribution in [0.3, 0.4) is 0 Å². The quantitative estimate of drug-likeness (QED) is 0.281. The number of hydrogen-bond acceptors (Lipinski definition) is 8. The highest BCUT2D eigenvalue weighted by molar-refractivity contribution is 7.99. The average Bonchev–Trinajstić information content (AvgIpc) is 3.41. The molecule has 0 radical (unpaired) electrons. The van der Waals surface area contributed by atoms with Crippen LogP contribution in [-0.4, -0.2) is 41.4 Å². The number of H-pyrrole nitrogens is 2. The van der Waals surface area contributed by atoms with E-state index in [9.17, 15) is 14.4 Å². The summed E-state index contributed by atoms with van der Waals surface area (Å²) in [7, 11) is 0. The Bertz CT molecular complexity index is 1640. The van der Waals surface area contributed by atoms with Crippen LogP contribution in [0.4, 0.5) is 5.13 Å². The number of amides is 1. The van der Waals surface area contributed by atoms with E-state index in [0.717, 1.165) is 27.0 Å². The summed E-state index contributed by atoms with van der Waals surface area (Å²) in [6.45, 7) is 3.96. The fraction of sp³-hybridized carbons (Fsp3) is 0.167. The fourth-order valence-electron chi connectivity index (χ4n) is 3.71. The van der Waals surface area contributed by atoms with Gasteiger partial charge in [0.2, 0.25) is 5.91 Å². The molecular formula is C24H21N7O3S2. The molecule has 0 atom stereocenters. The highest BCUT2D eigenvalue weighted by Gasteiger charge is 2.19. The smallest absolute Gasteiger partial charge is 0.311 e. The predicted octanol–water partition coefficient (Wildman–Crippen LogP) is 3.19. The van der Waals surface area contributed by atoms with Crippen LogP contribution in [0, 0.1) is 13.8 Å². The Labute approximate surface area is 212 Å². The van der Waals surface area contributed by atoms with Crippen molar-refractivity contribution in [3.05, 3.63) is 92.0 Å². The molecule has 12 heteroatoms. The molecule has 0 aliphatic rings. The van der Waals surface area contributed by atoms with Crippen molar-refractivity contribution in [2.45, 2.75) is 25.4 Å². The minimum Gasteiger partial charge on any atom is -0.311 e. The van der Waals surface area contributed by atoms with Gasteiger partial charge in [0.05, 0.1) is 21.7 Å². The number of aryl methyl sites for hydroxylation is 2. The third-order valence-corrected chi connectivity index (χ3v) is 7.22. The summed E-state index contributed by atoms with van der Waals surface area (Å²) >= 11 is 2.66. The molecule has 3 heterocycles. The van der Waals surface area contributed by atoms with E-state index in [1.54, 1.807) is 0 Å². The van der Waals surface area contributed by atoms with E-state index in [1.807, 2.05) is 60.9 Å². The molecule has 0 aliphatic carbocycles. The summed E-state index contributed by atoms with van der Waals surface area (Å²) in [5, 5.41) is 12.6. The van der Waals surface area contributed by atoms with E-state index >= 15 is 0 Å². The Kier molecular flexibility index (Phi) is 6.53. The first-order valence-electron chi connectivity index (χ1n) is 11.0. The molecule has 0 saturated heterocycles. The van der Waals surface area contributed by atoms with Crippen molar-refractivity contribution in [2.24, 2.45) is 0 Å². The van der Waals surface area contributed by atoms with Gasteiger partial charge in [0, 0.05) is 18.2 Å². The lowest BCUT2D eigenvalue weighted by molar-refractivity contribution is -0.113. The molecule has 5 rings (SSSR count). The van der Waals surface area contributed by atoms with Crippen LogP contribution in [0.25, 0.3) is 15.9 Å². The number of hydrogen-bond donors (Lipinski definition) is 3. The van der Waals surface area contributed by atoms with Crippen LogP contribution < -0.4 is 16.6 Å². The third kappa shape index (κ3) is 5.14. The molecule has 5 aromatic rings. The second-order valence-corrected chi connectivity index (χ2v) is 10.1. The lowest BCUT2D eigenvalue weighted by atomic mass is 10.1. The van der Waals surface area contributed by atoms with Gasteiger partial charge in [0.25, 0.3) is 5.56 Å². The number of thiazole rings is 1. The van der Waals surface area contributed by atoms with Crippen molar-refractivity contribution < 1.29 is 4.79 Å². The number of benzene rings is 2. The maximum Gasteiger partial charge on any atom is 0.325 e. The molecule has 0 aliphatic heterocycles. The maximum atomic E-state index is 12.7. The van der Waals surface area contributed by atoms with Crippen molar-refractivity contribution in [3.8, 4) is 5.69 Å². The molecule has 3 N–H and O–H groups in total. The van der Waals surface area contributed by atoms with Gasteiger partial charge in [-0.15, -0.1) is 10.2 Å². The highest BCUT2D eigenvalue weighted by atomic mass is 32.2. The normalized spacial score (nSPS) is 11.2. The van der Waals surface area contributed by atoms with Gasteiger partial charge in [0.15, 0.2) is 10.3 Å². The Morgan fingerprint density at radius 1 is 1.08 bits per heavy atom. The molecule has 3 aromatic heterocycles. The van der Waals surface area contributed by atoms with E-state index < -0.39 is 11.2 Å². The molecule has 0 unspecified atom stereocenters. The number of nitrogens with zero attached hydrogens (tertiary/aromatic N) is 4. The largest absolute Gasteiger partial charge is 0.325 e. The summed E-state index contributed by atoms with van der Waals surface area (Å²) < 4.78 is 2.86. The van der Waals surface area contributed by atoms with Crippen molar-refractivity contribution in [1.82, 2.24) is 29.7 Å². The Morgan fingerprint density at radius 2 is 1.92 bits per heavy atom. The molecule has 0 spiro atoms. The Balaban J connectivity index is 1.42. The number of carbonyl (C=O) groups excluding carboxylic acids is 1. The number of fused-ring (bicyclic) bond motifs is 1. The standard InChI is InChI=1S/C24H21N7O3S2/c1-13-7-8-14(2)17(9-13)31-19(10-15-11-20(32)27-22(34)25-15)29-30-24(31)35-12-21(33)28-23-26-16-5-3-4-6-18(16)36-23/h3-9,11H,10,12H2,1-2H3,(H,26,28,33)(H2,25,27,32,34). The molecule has 0 fully saturated rings. The number of aromatic nitrogens is 6. The van der Waals surface area contributed by atoms with Crippen molar-refractivity contribution in [1.29, 1.82) is 0 Å². The lowest BCUT2D eigenvalue weighted by Gasteiger charge is -2.13. The summed E-state index contributed by atoms with van der Waals surface area (Å²) in [6.07, 6.45) is 0.179. The van der Waals surface area contributed by atoms with Gasteiger partial charge in [-0.3, -0.25) is 19.1 Å². The van der Waals surface area contributed by atoms with Crippen LogP contribution in [0.15, 0.2) is 63.3 Å². The van der Waals surface area contributed by atoms with Crippen molar-refractivity contribution >= 4 is 44.4 Å². The zero-order valence-corrected chi connectivity index (χ0v) is 21.0. The predicted molar refractivity (Wildman–Crippen MR) is 140 cm³/mol. The minimum absolute atomic E-state index is 0.0980. The first-order valence-corrected chi connectivity index (χ1v) is 12.8. The molecule has 0 saturated carbocycles. The number of thioether (sulfide) groups is 1. The van der Waals surface area contributed by atoms with Gasteiger partial charge in [-0.1, -0.05) is 47.4 Å². The molecule has 1 amide bonds. The average molecular weight is 520 g/mol. The Hall–Kier alpha value is -4.03. The topological polar surface area (TPSA) is 138 Å². The molecule has 36 heavy (non-hydrogen) atoms. The van der Waals surface area contributed by atoms with E-state index in [1.165, 1.54) is 29.2 Å². The van der Waals surface area contributed by atoms with Crippen LogP contribution in [0.2, 0.25) is 0 Å². The van der Waals surface area contributed by atoms with Crippen molar-refractivity contribution in [2.75, 3.05) is 11.1 Å². The molecule has 2 aromatic carbocycles. The molecular weight excluding hydrogens is 498 g/mol. The zero-order valence-electron chi connectivity index (χ0n) is 19.4. The van der Waals surface area contributed by atoms with Gasteiger partial charge in [-0.25, -0.2) is 9.78 Å². The third-order valence-electron chi connectivity index (χ3n) is 5.34. The first kappa shape index (κ1) is 23.7. The highest BCUT2D eigenvalue weighted by Crippen LogP contribution is 2.28. The number of anilines is 1. The van der Waals surface area contributed by atoms with Crippen LogP contribution in [0.1, 0.15) is 22.6 Å². The SMILES string of the molecule is Cc1ccc(C)c(-n2c(Cc3cc(=O)[nH]c(=O)[nH]3)nnc2SCC(=O)Nc2nc3ccccc3s2)c1. The number of nitrogens with one attached hydrogen (secondary N) is 3. The summed E-state index contributed by atoms with van der Waals surface area (Å²) in [6, 6.07) is 15.0. The number of rotatable bonds is 7. The minimum atomic E-state index is -0.587. The monoisotopic (exact) mass is 519 g/mol. The molecule has 0 bridgehead atoms. The fourth-order valence-corrected chi connectivity index (χ4v) is 5.35. The maximum absolute atomic E-state index is 12.7. The summed E-state index contributed by atoms with van der Waals surface area (Å²) in [5.74, 6) is 0.412. The molecule has 182 valence electrons. The Morgan fingerprint density at radius 3 is 2.72 bits per heavy atom. The number of aromatic amines is 2. The van der Waals surface area contributed by atoms with Crippen LogP contribution in [-0.2, 0) is 11.2 Å². The van der Waals surface area contributed by atoms with Gasteiger partial charge < -0.3 is 10.3 Å².